The van der Waals surface area contributed by atoms with Gasteiger partial charge in [0.2, 0.25) is 21.8 Å². The third kappa shape index (κ3) is 7.55. The highest BCUT2D eigenvalue weighted by Crippen LogP contribution is 2.19. The lowest BCUT2D eigenvalue weighted by Crippen LogP contribution is -2.55. The Morgan fingerprint density at radius 3 is 2.09 bits per heavy atom. The molecule has 0 aliphatic carbocycles. The molecule has 0 saturated heterocycles. The first-order valence-electron chi connectivity index (χ1n) is 11.1. The number of carbonyl (C=O) groups is 2. The minimum atomic E-state index is -3.88. The molecule has 34 heavy (non-hydrogen) atoms. The van der Waals surface area contributed by atoms with Gasteiger partial charge in [-0.05, 0) is 63.9 Å². The first kappa shape index (κ1) is 27.8. The third-order valence-corrected chi connectivity index (χ3v) is 7.31. The van der Waals surface area contributed by atoms with Crippen molar-refractivity contribution < 1.29 is 18.0 Å². The second kappa shape index (κ2) is 11.3. The van der Waals surface area contributed by atoms with Crippen molar-refractivity contribution in [2.24, 2.45) is 0 Å². The maximum absolute atomic E-state index is 13.4. The number of likely N-dealkylation sites (N-methyl/N-ethyl adjacent to an activating group) is 1. The van der Waals surface area contributed by atoms with Gasteiger partial charge in [0.1, 0.15) is 6.04 Å². The largest absolute Gasteiger partial charge is 0.350 e. The molecule has 2 aromatic rings. The van der Waals surface area contributed by atoms with Gasteiger partial charge >= 0.3 is 0 Å². The molecule has 0 radical (unpaired) electrons. The molecule has 2 amide bonds. The minimum Gasteiger partial charge on any atom is -0.350 e. The molecule has 2 rings (SSSR count). The number of amides is 2. The van der Waals surface area contributed by atoms with Crippen molar-refractivity contribution in [3.05, 3.63) is 64.7 Å². The van der Waals surface area contributed by atoms with Gasteiger partial charge in [-0.2, -0.15) is 4.31 Å². The average molecular weight is 508 g/mol. The number of nitrogens with one attached hydrogen (secondary N) is 1. The minimum absolute atomic E-state index is 0.107. The number of aryl methyl sites for hydroxylation is 1. The molecule has 0 unspecified atom stereocenters. The standard InChI is InChI=1S/C25H34ClN3O4S/c1-7-22(24(31)27-25(3,4)5)29(16-19-10-12-20(26)13-11-19)23(30)17-28(6)34(32,33)21-14-8-18(2)9-15-21/h8-15,22H,7,16-17H2,1-6H3,(H,27,31)/t22-/m0/s1. The van der Waals surface area contributed by atoms with E-state index in [0.29, 0.717) is 11.4 Å². The smallest absolute Gasteiger partial charge is 0.243 e. The van der Waals surface area contributed by atoms with Crippen molar-refractivity contribution in [2.75, 3.05) is 13.6 Å². The lowest BCUT2D eigenvalue weighted by atomic mass is 10.1. The van der Waals surface area contributed by atoms with Crippen molar-refractivity contribution >= 4 is 33.4 Å². The summed E-state index contributed by atoms with van der Waals surface area (Å²) in [7, 11) is -2.51. The zero-order chi connectivity index (χ0) is 25.7. The van der Waals surface area contributed by atoms with Crippen LogP contribution < -0.4 is 5.32 Å². The quantitative estimate of drug-likeness (QED) is 0.556. The van der Waals surface area contributed by atoms with E-state index in [-0.39, 0.29) is 17.3 Å². The Balaban J connectivity index is 2.34. The summed E-state index contributed by atoms with van der Waals surface area (Å²) in [6, 6.07) is 12.7. The highest BCUT2D eigenvalue weighted by atomic mass is 35.5. The number of hydrogen-bond donors (Lipinski definition) is 1. The SMILES string of the molecule is CC[C@@H](C(=O)NC(C)(C)C)N(Cc1ccc(Cl)cc1)C(=O)CN(C)S(=O)(=O)c1ccc(C)cc1. The van der Waals surface area contributed by atoms with Gasteiger partial charge in [0, 0.05) is 24.2 Å². The van der Waals surface area contributed by atoms with Gasteiger partial charge in [-0.3, -0.25) is 9.59 Å². The summed E-state index contributed by atoms with van der Waals surface area (Å²) in [6.07, 6.45) is 0.371. The molecule has 1 N–H and O–H groups in total. The van der Waals surface area contributed by atoms with Crippen LogP contribution in [0.2, 0.25) is 5.02 Å². The molecule has 0 heterocycles. The van der Waals surface area contributed by atoms with Crippen molar-refractivity contribution in [2.45, 2.75) is 64.1 Å². The van der Waals surface area contributed by atoms with Crippen LogP contribution in [0.5, 0.6) is 0 Å². The predicted octanol–water partition coefficient (Wildman–Crippen LogP) is 3.99. The number of benzene rings is 2. The van der Waals surface area contributed by atoms with Crippen LogP contribution in [0.15, 0.2) is 53.4 Å². The van der Waals surface area contributed by atoms with Gasteiger partial charge < -0.3 is 10.2 Å². The zero-order valence-electron chi connectivity index (χ0n) is 20.6. The van der Waals surface area contributed by atoms with Crippen LogP contribution in [0, 0.1) is 6.92 Å². The normalized spacial score (nSPS) is 12.9. The lowest BCUT2D eigenvalue weighted by Gasteiger charge is -2.34. The Bertz CT molecular complexity index is 1090. The third-order valence-electron chi connectivity index (χ3n) is 5.24. The summed E-state index contributed by atoms with van der Waals surface area (Å²) < 4.78 is 27.1. The van der Waals surface area contributed by atoms with Crippen LogP contribution >= 0.6 is 11.6 Å². The van der Waals surface area contributed by atoms with Crippen LogP contribution in [0.3, 0.4) is 0 Å². The Hall–Kier alpha value is -2.42. The maximum Gasteiger partial charge on any atom is 0.243 e. The van der Waals surface area contributed by atoms with E-state index in [1.165, 1.54) is 24.1 Å². The Kier molecular flexibility index (Phi) is 9.28. The lowest BCUT2D eigenvalue weighted by molar-refractivity contribution is -0.142. The second-order valence-corrected chi connectivity index (χ2v) is 11.9. The number of hydrogen-bond acceptors (Lipinski definition) is 4. The van der Waals surface area contributed by atoms with E-state index in [0.717, 1.165) is 15.4 Å². The summed E-state index contributed by atoms with van der Waals surface area (Å²) in [5.41, 5.74) is 1.23. The van der Waals surface area contributed by atoms with E-state index in [1.54, 1.807) is 36.4 Å². The van der Waals surface area contributed by atoms with Crippen LogP contribution in [-0.4, -0.2) is 54.6 Å². The summed E-state index contributed by atoms with van der Waals surface area (Å²) in [6.45, 7) is 9.03. The number of sulfonamides is 1. The Morgan fingerprint density at radius 1 is 1.03 bits per heavy atom. The monoisotopic (exact) mass is 507 g/mol. The molecular weight excluding hydrogens is 474 g/mol. The molecule has 7 nitrogen and oxygen atoms in total. The zero-order valence-corrected chi connectivity index (χ0v) is 22.2. The van der Waals surface area contributed by atoms with Crippen LogP contribution in [-0.2, 0) is 26.2 Å². The molecule has 0 saturated carbocycles. The predicted molar refractivity (Wildman–Crippen MR) is 135 cm³/mol. The summed E-state index contributed by atoms with van der Waals surface area (Å²) in [4.78, 5) is 28.0. The fourth-order valence-corrected chi connectivity index (χ4v) is 4.66. The van der Waals surface area contributed by atoms with Crippen molar-refractivity contribution in [1.29, 1.82) is 0 Å². The van der Waals surface area contributed by atoms with Gasteiger partial charge in [-0.15, -0.1) is 0 Å². The van der Waals surface area contributed by atoms with Crippen LogP contribution in [0.4, 0.5) is 0 Å². The van der Waals surface area contributed by atoms with Crippen molar-refractivity contribution in [3.8, 4) is 0 Å². The van der Waals surface area contributed by atoms with E-state index in [1.807, 2.05) is 34.6 Å². The molecule has 0 aliphatic rings. The van der Waals surface area contributed by atoms with E-state index in [4.69, 9.17) is 11.6 Å². The summed E-state index contributed by atoms with van der Waals surface area (Å²) in [5.74, 6) is -0.759. The highest BCUT2D eigenvalue weighted by Gasteiger charge is 2.33. The molecule has 186 valence electrons. The van der Waals surface area contributed by atoms with E-state index < -0.39 is 34.1 Å². The summed E-state index contributed by atoms with van der Waals surface area (Å²) in [5, 5.41) is 3.49. The van der Waals surface area contributed by atoms with E-state index >= 15 is 0 Å². The van der Waals surface area contributed by atoms with Gasteiger partial charge in [-0.1, -0.05) is 48.4 Å². The fourth-order valence-electron chi connectivity index (χ4n) is 3.42. The van der Waals surface area contributed by atoms with Crippen molar-refractivity contribution in [1.82, 2.24) is 14.5 Å². The Labute approximate surface area is 208 Å². The molecule has 1 atom stereocenters. The van der Waals surface area contributed by atoms with Gasteiger partial charge in [-0.25, -0.2) is 8.42 Å². The van der Waals surface area contributed by atoms with Crippen molar-refractivity contribution in [3.63, 3.8) is 0 Å². The van der Waals surface area contributed by atoms with E-state index in [2.05, 4.69) is 5.32 Å². The second-order valence-electron chi connectivity index (χ2n) is 9.39. The van der Waals surface area contributed by atoms with Crippen LogP contribution in [0.25, 0.3) is 0 Å². The highest BCUT2D eigenvalue weighted by molar-refractivity contribution is 7.89. The Morgan fingerprint density at radius 2 is 1.59 bits per heavy atom. The number of halogens is 1. The molecular formula is C25H34ClN3O4S. The first-order chi connectivity index (χ1) is 15.7. The molecule has 0 spiro atoms. The number of carbonyl (C=O) groups excluding carboxylic acids is 2. The summed E-state index contributed by atoms with van der Waals surface area (Å²) >= 11 is 5.99. The van der Waals surface area contributed by atoms with Gasteiger partial charge in [0.05, 0.1) is 11.4 Å². The number of nitrogens with zero attached hydrogens (tertiary/aromatic N) is 2. The molecule has 0 aromatic heterocycles. The number of rotatable bonds is 9. The maximum atomic E-state index is 13.4. The van der Waals surface area contributed by atoms with Gasteiger partial charge in [0.15, 0.2) is 0 Å². The molecule has 2 aromatic carbocycles. The first-order valence-corrected chi connectivity index (χ1v) is 13.0. The molecule has 0 bridgehead atoms. The topological polar surface area (TPSA) is 86.8 Å². The average Bonchev–Trinajstić information content (AvgIpc) is 2.74. The van der Waals surface area contributed by atoms with E-state index in [9.17, 15) is 18.0 Å². The van der Waals surface area contributed by atoms with Crippen LogP contribution in [0.1, 0.15) is 45.2 Å². The fraction of sp³-hybridized carbons (Fsp3) is 0.440. The molecule has 0 aliphatic heterocycles. The van der Waals surface area contributed by atoms with Gasteiger partial charge in [0.25, 0.3) is 0 Å². The molecule has 9 heteroatoms. The molecule has 0 fully saturated rings.